The number of carbonyl (C=O) groups excluding carboxylic acids is 2. The minimum Gasteiger partial charge on any atom is -0.487 e. The second kappa shape index (κ2) is 9.38. The summed E-state index contributed by atoms with van der Waals surface area (Å²) >= 11 is 0. The Hall–Kier alpha value is -4.07. The highest BCUT2D eigenvalue weighted by atomic mass is 16.5. The van der Waals surface area contributed by atoms with E-state index in [1.54, 1.807) is 30.3 Å². The molecule has 0 saturated heterocycles. The average molecular weight is 432 g/mol. The highest BCUT2D eigenvalue weighted by Crippen LogP contribution is 2.20. The number of benzene rings is 1. The molecule has 0 aliphatic carbocycles. The van der Waals surface area contributed by atoms with Crippen molar-refractivity contribution >= 4 is 23.1 Å². The smallest absolute Gasteiger partial charge is 0.287 e. The van der Waals surface area contributed by atoms with Gasteiger partial charge in [0.15, 0.2) is 5.76 Å². The highest BCUT2D eigenvalue weighted by molar-refractivity contribution is 6.00. The maximum Gasteiger partial charge on any atom is 0.287 e. The summed E-state index contributed by atoms with van der Waals surface area (Å²) in [5.74, 6) is -0.124. The van der Waals surface area contributed by atoms with Gasteiger partial charge in [0, 0.05) is 24.1 Å². The third kappa shape index (κ3) is 4.97. The SMILES string of the molecule is CC(C)C(NC(=O)c1ccco1)C(=O)Nc1cccc(OCc2cn3ccccc3n2)c1. The van der Waals surface area contributed by atoms with Crippen LogP contribution in [0.4, 0.5) is 5.69 Å². The lowest BCUT2D eigenvalue weighted by molar-refractivity contribution is -0.118. The second-order valence-electron chi connectivity index (χ2n) is 7.68. The summed E-state index contributed by atoms with van der Waals surface area (Å²) in [6.07, 6.45) is 5.25. The number of ether oxygens (including phenoxy) is 1. The van der Waals surface area contributed by atoms with Crippen LogP contribution in [0.15, 0.2) is 77.7 Å². The van der Waals surface area contributed by atoms with Crippen LogP contribution in [0.1, 0.15) is 30.1 Å². The van der Waals surface area contributed by atoms with Crippen LogP contribution in [0.2, 0.25) is 0 Å². The molecule has 1 aromatic carbocycles. The quantitative estimate of drug-likeness (QED) is 0.440. The van der Waals surface area contributed by atoms with Gasteiger partial charge < -0.3 is 24.2 Å². The van der Waals surface area contributed by atoms with E-state index in [1.165, 1.54) is 6.26 Å². The average Bonchev–Trinajstić information content (AvgIpc) is 3.45. The molecule has 8 nitrogen and oxygen atoms in total. The highest BCUT2D eigenvalue weighted by Gasteiger charge is 2.25. The number of furan rings is 1. The molecule has 0 aliphatic heterocycles. The van der Waals surface area contributed by atoms with Gasteiger partial charge in [-0.25, -0.2) is 4.98 Å². The molecule has 0 bridgehead atoms. The molecule has 4 aromatic rings. The Balaban J connectivity index is 1.39. The van der Waals surface area contributed by atoms with Crippen molar-refractivity contribution in [1.29, 1.82) is 0 Å². The number of nitrogens with zero attached hydrogens (tertiary/aromatic N) is 2. The van der Waals surface area contributed by atoms with Gasteiger partial charge in [0.1, 0.15) is 24.0 Å². The van der Waals surface area contributed by atoms with Crippen molar-refractivity contribution in [2.75, 3.05) is 5.32 Å². The van der Waals surface area contributed by atoms with Crippen LogP contribution < -0.4 is 15.4 Å². The lowest BCUT2D eigenvalue weighted by Crippen LogP contribution is -2.47. The third-order valence-electron chi connectivity index (χ3n) is 4.88. The number of carbonyl (C=O) groups is 2. The number of aromatic nitrogens is 2. The van der Waals surface area contributed by atoms with Gasteiger partial charge in [-0.05, 0) is 42.3 Å². The predicted octanol–water partition coefficient (Wildman–Crippen LogP) is 3.90. The first-order valence-electron chi connectivity index (χ1n) is 10.3. The van der Waals surface area contributed by atoms with Crippen LogP contribution in [0, 0.1) is 5.92 Å². The van der Waals surface area contributed by atoms with Gasteiger partial charge in [0.25, 0.3) is 5.91 Å². The van der Waals surface area contributed by atoms with Gasteiger partial charge in [0.2, 0.25) is 5.91 Å². The lowest BCUT2D eigenvalue weighted by atomic mass is 10.0. The first kappa shape index (κ1) is 21.2. The van der Waals surface area contributed by atoms with Crippen molar-refractivity contribution in [3.8, 4) is 5.75 Å². The molecule has 4 rings (SSSR count). The molecule has 1 unspecified atom stereocenters. The molecule has 8 heteroatoms. The summed E-state index contributed by atoms with van der Waals surface area (Å²) in [6.45, 7) is 4.02. The van der Waals surface area contributed by atoms with Gasteiger partial charge in [-0.15, -0.1) is 0 Å². The Labute approximate surface area is 185 Å². The van der Waals surface area contributed by atoms with E-state index in [0.29, 0.717) is 18.0 Å². The Morgan fingerprint density at radius 2 is 2.00 bits per heavy atom. The van der Waals surface area contributed by atoms with Crippen molar-refractivity contribution < 1.29 is 18.7 Å². The van der Waals surface area contributed by atoms with E-state index in [1.807, 2.05) is 54.9 Å². The Morgan fingerprint density at radius 1 is 1.12 bits per heavy atom. The summed E-state index contributed by atoms with van der Waals surface area (Å²) in [7, 11) is 0. The molecule has 2 amide bonds. The molecular formula is C24H24N4O4. The van der Waals surface area contributed by atoms with Gasteiger partial charge in [-0.3, -0.25) is 9.59 Å². The number of hydrogen-bond acceptors (Lipinski definition) is 5. The zero-order valence-corrected chi connectivity index (χ0v) is 17.8. The van der Waals surface area contributed by atoms with Gasteiger partial charge in [0.05, 0.1) is 12.0 Å². The van der Waals surface area contributed by atoms with E-state index in [-0.39, 0.29) is 17.6 Å². The van der Waals surface area contributed by atoms with Crippen LogP contribution >= 0.6 is 0 Å². The molecule has 2 N–H and O–H groups in total. The fourth-order valence-electron chi connectivity index (χ4n) is 3.25. The number of amides is 2. The van der Waals surface area contributed by atoms with Crippen molar-refractivity contribution in [2.45, 2.75) is 26.5 Å². The van der Waals surface area contributed by atoms with Gasteiger partial charge in [-0.2, -0.15) is 0 Å². The second-order valence-corrected chi connectivity index (χ2v) is 7.68. The normalized spacial score (nSPS) is 12.0. The molecule has 3 aromatic heterocycles. The van der Waals surface area contributed by atoms with Crippen LogP contribution in [0.3, 0.4) is 0 Å². The first-order valence-corrected chi connectivity index (χ1v) is 10.3. The molecule has 1 atom stereocenters. The number of pyridine rings is 1. The summed E-state index contributed by atoms with van der Waals surface area (Å²) in [4.78, 5) is 29.7. The van der Waals surface area contributed by atoms with E-state index in [9.17, 15) is 9.59 Å². The maximum atomic E-state index is 12.8. The number of rotatable bonds is 8. The predicted molar refractivity (Wildman–Crippen MR) is 119 cm³/mol. The van der Waals surface area contributed by atoms with Gasteiger partial charge in [-0.1, -0.05) is 26.0 Å². The number of nitrogens with one attached hydrogen (secondary N) is 2. The van der Waals surface area contributed by atoms with Gasteiger partial charge >= 0.3 is 0 Å². The Bertz CT molecular complexity index is 1180. The number of anilines is 1. The summed E-state index contributed by atoms with van der Waals surface area (Å²) in [6, 6.07) is 15.3. The molecule has 3 heterocycles. The minimum absolute atomic E-state index is 0.122. The van der Waals surface area contributed by atoms with E-state index in [2.05, 4.69) is 15.6 Å². The summed E-state index contributed by atoms with van der Waals surface area (Å²) in [5.41, 5.74) is 2.22. The Kier molecular flexibility index (Phi) is 6.21. The standard InChI is InChI=1S/C24H24N4O4/c1-16(2)22(27-23(29)20-9-6-12-31-20)24(30)26-17-7-5-8-19(13-17)32-15-18-14-28-11-4-3-10-21(28)25-18/h3-14,16,22H,15H2,1-2H3,(H,26,30)(H,27,29). The molecule has 32 heavy (non-hydrogen) atoms. The fourth-order valence-corrected chi connectivity index (χ4v) is 3.25. The van der Waals surface area contributed by atoms with Crippen molar-refractivity contribution in [1.82, 2.24) is 14.7 Å². The lowest BCUT2D eigenvalue weighted by Gasteiger charge is -2.21. The van der Waals surface area contributed by atoms with E-state index >= 15 is 0 Å². The van der Waals surface area contributed by atoms with E-state index in [4.69, 9.17) is 9.15 Å². The van der Waals surface area contributed by atoms with Crippen molar-refractivity contribution in [3.63, 3.8) is 0 Å². The summed E-state index contributed by atoms with van der Waals surface area (Å²) in [5, 5.41) is 5.58. The number of fused-ring (bicyclic) bond motifs is 1. The maximum absolute atomic E-state index is 12.8. The van der Waals surface area contributed by atoms with Crippen LogP contribution in [0.5, 0.6) is 5.75 Å². The minimum atomic E-state index is -0.727. The molecule has 164 valence electrons. The Morgan fingerprint density at radius 3 is 2.75 bits per heavy atom. The molecule has 0 saturated carbocycles. The fraction of sp³-hybridized carbons (Fsp3) is 0.208. The molecule has 0 aliphatic rings. The van der Waals surface area contributed by atoms with Crippen LogP contribution in [-0.2, 0) is 11.4 Å². The zero-order chi connectivity index (χ0) is 22.5. The molecule has 0 fully saturated rings. The number of imidazole rings is 1. The first-order chi connectivity index (χ1) is 15.5. The molecule has 0 radical (unpaired) electrons. The van der Waals surface area contributed by atoms with E-state index in [0.717, 1.165) is 11.3 Å². The van der Waals surface area contributed by atoms with Crippen molar-refractivity contribution in [3.05, 3.63) is 84.7 Å². The monoisotopic (exact) mass is 432 g/mol. The number of hydrogen-bond donors (Lipinski definition) is 2. The summed E-state index contributed by atoms with van der Waals surface area (Å²) < 4.78 is 12.9. The van der Waals surface area contributed by atoms with Crippen LogP contribution in [-0.4, -0.2) is 27.2 Å². The molecular weight excluding hydrogens is 408 g/mol. The van der Waals surface area contributed by atoms with E-state index < -0.39 is 11.9 Å². The topological polar surface area (TPSA) is 97.9 Å². The largest absolute Gasteiger partial charge is 0.487 e. The van der Waals surface area contributed by atoms with Crippen molar-refractivity contribution in [2.24, 2.45) is 5.92 Å². The zero-order valence-electron chi connectivity index (χ0n) is 17.8. The van der Waals surface area contributed by atoms with Crippen LogP contribution in [0.25, 0.3) is 5.65 Å². The third-order valence-corrected chi connectivity index (χ3v) is 4.88. The molecule has 0 spiro atoms.